The maximum atomic E-state index is 13.1. The highest BCUT2D eigenvalue weighted by atomic mass is 32.2. The van der Waals surface area contributed by atoms with E-state index < -0.39 is 10.0 Å². The zero-order valence-corrected chi connectivity index (χ0v) is 14.7. The molecular formula is C20H20N2O2S. The average Bonchev–Trinajstić information content (AvgIpc) is 3.03. The van der Waals surface area contributed by atoms with Gasteiger partial charge in [-0.25, -0.2) is 12.4 Å². The first-order valence-corrected chi connectivity index (χ1v) is 9.82. The topological polar surface area (TPSA) is 51.1 Å². The molecule has 5 heteroatoms. The third-order valence-corrected chi connectivity index (χ3v) is 6.43. The summed E-state index contributed by atoms with van der Waals surface area (Å²) in [5.41, 5.74) is 2.92. The molecule has 1 N–H and O–H groups in total. The van der Waals surface area contributed by atoms with Gasteiger partial charge in [-0.1, -0.05) is 48.6 Å². The number of rotatable bonds is 3. The summed E-state index contributed by atoms with van der Waals surface area (Å²) in [6.07, 6.45) is 3.57. The van der Waals surface area contributed by atoms with Crippen LogP contribution in [0.3, 0.4) is 0 Å². The van der Waals surface area contributed by atoms with Gasteiger partial charge in [-0.15, -0.1) is 0 Å². The number of benzene rings is 2. The predicted octanol–water partition coefficient (Wildman–Crippen LogP) is 3.86. The molecule has 4 nitrogen and oxygen atoms in total. The Labute approximate surface area is 147 Å². The maximum Gasteiger partial charge on any atom is 0.268 e. The van der Waals surface area contributed by atoms with Gasteiger partial charge >= 0.3 is 0 Å². The van der Waals surface area contributed by atoms with Gasteiger partial charge in [-0.05, 0) is 43.1 Å². The Morgan fingerprint density at radius 3 is 2.52 bits per heavy atom. The first-order valence-electron chi connectivity index (χ1n) is 8.38. The maximum absolute atomic E-state index is 13.1. The van der Waals surface area contributed by atoms with Crippen molar-refractivity contribution in [2.75, 3.05) is 6.54 Å². The lowest BCUT2D eigenvalue weighted by Gasteiger charge is -2.25. The minimum Gasteiger partial charge on any atom is -0.309 e. The summed E-state index contributed by atoms with van der Waals surface area (Å²) in [5.74, 6) is 0. The first kappa shape index (κ1) is 16.1. The molecule has 2 aromatic carbocycles. The van der Waals surface area contributed by atoms with Gasteiger partial charge in [0.25, 0.3) is 10.0 Å². The summed E-state index contributed by atoms with van der Waals surface area (Å²) in [6, 6.07) is 16.3. The van der Waals surface area contributed by atoms with Crippen molar-refractivity contribution in [3.63, 3.8) is 0 Å². The summed E-state index contributed by atoms with van der Waals surface area (Å²) < 4.78 is 27.7. The monoisotopic (exact) mass is 352 g/mol. The van der Waals surface area contributed by atoms with E-state index in [0.717, 1.165) is 30.3 Å². The molecule has 0 aliphatic carbocycles. The highest BCUT2D eigenvalue weighted by molar-refractivity contribution is 7.90. The van der Waals surface area contributed by atoms with Crippen LogP contribution in [0, 0.1) is 0 Å². The standard InChI is InChI=1S/C20H20N2O2S/c1-15-11-12-21-19(13-15)18-14-22(20-10-6-5-9-17(18)20)25(23,24)16-7-3-2-4-8-16/h2-10,14,19,21H,1,11-13H2. The number of hydrogen-bond donors (Lipinski definition) is 1. The van der Waals surface area contributed by atoms with E-state index in [1.165, 1.54) is 9.55 Å². The Bertz CT molecular complexity index is 1040. The second-order valence-corrected chi connectivity index (χ2v) is 8.24. The van der Waals surface area contributed by atoms with E-state index in [-0.39, 0.29) is 6.04 Å². The zero-order valence-electron chi connectivity index (χ0n) is 13.9. The number of nitrogens with one attached hydrogen (secondary N) is 1. The van der Waals surface area contributed by atoms with Gasteiger partial charge in [0, 0.05) is 17.6 Å². The molecule has 1 aliphatic heterocycles. The number of para-hydroxylation sites is 1. The normalized spacial score (nSPS) is 18.6. The van der Waals surface area contributed by atoms with Crippen LogP contribution in [0.5, 0.6) is 0 Å². The van der Waals surface area contributed by atoms with Crippen molar-refractivity contribution in [2.45, 2.75) is 23.8 Å². The lowest BCUT2D eigenvalue weighted by Crippen LogP contribution is -2.27. The predicted molar refractivity (Wildman–Crippen MR) is 100 cm³/mol. The SMILES string of the molecule is C=C1CCNC(c2cn(S(=O)(=O)c3ccccc3)c3ccccc23)C1. The Kier molecular flexibility index (Phi) is 3.98. The van der Waals surface area contributed by atoms with E-state index >= 15 is 0 Å². The highest BCUT2D eigenvalue weighted by Crippen LogP contribution is 2.34. The molecule has 1 aliphatic rings. The largest absolute Gasteiger partial charge is 0.309 e. The third-order valence-electron chi connectivity index (χ3n) is 4.75. The van der Waals surface area contributed by atoms with E-state index in [2.05, 4.69) is 11.9 Å². The molecule has 0 amide bonds. The fourth-order valence-electron chi connectivity index (χ4n) is 3.46. The summed E-state index contributed by atoms with van der Waals surface area (Å²) in [6.45, 7) is 4.98. The number of hydrogen-bond acceptors (Lipinski definition) is 3. The van der Waals surface area contributed by atoms with E-state index in [9.17, 15) is 8.42 Å². The van der Waals surface area contributed by atoms with Crippen molar-refractivity contribution in [3.05, 3.63) is 78.5 Å². The van der Waals surface area contributed by atoms with E-state index in [1.807, 2.05) is 30.3 Å². The van der Waals surface area contributed by atoms with Crippen LogP contribution in [-0.4, -0.2) is 18.9 Å². The molecule has 25 heavy (non-hydrogen) atoms. The molecule has 1 atom stereocenters. The molecule has 1 fully saturated rings. The van der Waals surface area contributed by atoms with E-state index in [1.54, 1.807) is 30.5 Å². The van der Waals surface area contributed by atoms with Crippen molar-refractivity contribution in [1.82, 2.24) is 9.29 Å². The fourth-order valence-corrected chi connectivity index (χ4v) is 4.86. The minimum absolute atomic E-state index is 0.0957. The molecular weight excluding hydrogens is 332 g/mol. The lowest BCUT2D eigenvalue weighted by atomic mass is 9.94. The van der Waals surface area contributed by atoms with Crippen LogP contribution in [0.4, 0.5) is 0 Å². The number of nitrogens with zero attached hydrogens (tertiary/aromatic N) is 1. The number of aromatic nitrogens is 1. The molecule has 1 unspecified atom stereocenters. The van der Waals surface area contributed by atoms with Crippen LogP contribution >= 0.6 is 0 Å². The van der Waals surface area contributed by atoms with E-state index in [4.69, 9.17) is 0 Å². The van der Waals surface area contributed by atoms with Crippen LogP contribution in [-0.2, 0) is 10.0 Å². The summed E-state index contributed by atoms with van der Waals surface area (Å²) in [5, 5.41) is 4.46. The minimum atomic E-state index is -3.63. The second kappa shape index (κ2) is 6.17. The molecule has 0 radical (unpaired) electrons. The van der Waals surface area contributed by atoms with Crippen molar-refractivity contribution >= 4 is 20.9 Å². The molecule has 128 valence electrons. The number of fused-ring (bicyclic) bond motifs is 1. The molecule has 3 aromatic rings. The van der Waals surface area contributed by atoms with Crippen molar-refractivity contribution < 1.29 is 8.42 Å². The molecule has 0 saturated carbocycles. The molecule has 0 bridgehead atoms. The van der Waals surface area contributed by atoms with Gasteiger partial charge in [0.1, 0.15) is 0 Å². The van der Waals surface area contributed by atoms with Crippen LogP contribution in [0.15, 0.2) is 77.8 Å². The summed E-state index contributed by atoms with van der Waals surface area (Å²) >= 11 is 0. The zero-order chi connectivity index (χ0) is 17.4. The third kappa shape index (κ3) is 2.79. The second-order valence-electron chi connectivity index (χ2n) is 6.43. The van der Waals surface area contributed by atoms with Crippen molar-refractivity contribution in [1.29, 1.82) is 0 Å². The van der Waals surface area contributed by atoms with Crippen LogP contribution < -0.4 is 5.32 Å². The summed E-state index contributed by atoms with van der Waals surface area (Å²) in [4.78, 5) is 0.295. The molecule has 4 rings (SSSR count). The molecule has 1 aromatic heterocycles. The molecule has 0 spiro atoms. The smallest absolute Gasteiger partial charge is 0.268 e. The number of piperidine rings is 1. The van der Waals surface area contributed by atoms with Gasteiger partial charge in [0.15, 0.2) is 0 Å². The van der Waals surface area contributed by atoms with Crippen LogP contribution in [0.2, 0.25) is 0 Å². The molecule has 2 heterocycles. The summed E-state index contributed by atoms with van der Waals surface area (Å²) in [7, 11) is -3.63. The van der Waals surface area contributed by atoms with Gasteiger partial charge in [-0.3, -0.25) is 0 Å². The fraction of sp³-hybridized carbons (Fsp3) is 0.200. The first-order chi connectivity index (χ1) is 12.1. The van der Waals surface area contributed by atoms with Gasteiger partial charge in [0.2, 0.25) is 0 Å². The van der Waals surface area contributed by atoms with Crippen molar-refractivity contribution in [2.24, 2.45) is 0 Å². The Morgan fingerprint density at radius 2 is 1.76 bits per heavy atom. The highest BCUT2D eigenvalue weighted by Gasteiger charge is 2.25. The Morgan fingerprint density at radius 1 is 1.04 bits per heavy atom. The Balaban J connectivity index is 1.90. The van der Waals surface area contributed by atoms with Crippen molar-refractivity contribution in [3.8, 4) is 0 Å². The molecule has 1 saturated heterocycles. The van der Waals surface area contributed by atoms with Gasteiger partial charge in [0.05, 0.1) is 10.4 Å². The van der Waals surface area contributed by atoms with Crippen LogP contribution in [0.25, 0.3) is 10.9 Å². The van der Waals surface area contributed by atoms with E-state index in [0.29, 0.717) is 10.4 Å². The average molecular weight is 352 g/mol. The lowest BCUT2D eigenvalue weighted by molar-refractivity contribution is 0.483. The van der Waals surface area contributed by atoms with Crippen LogP contribution in [0.1, 0.15) is 24.4 Å². The van der Waals surface area contributed by atoms with Gasteiger partial charge < -0.3 is 5.32 Å². The quantitative estimate of drug-likeness (QED) is 0.728. The van der Waals surface area contributed by atoms with Gasteiger partial charge in [-0.2, -0.15) is 0 Å². The Hall–Kier alpha value is -2.37.